The predicted octanol–water partition coefficient (Wildman–Crippen LogP) is 2.29. The van der Waals surface area contributed by atoms with Gasteiger partial charge < -0.3 is 4.90 Å². The van der Waals surface area contributed by atoms with Gasteiger partial charge in [-0.15, -0.1) is 0 Å². The van der Waals surface area contributed by atoms with Gasteiger partial charge in [0.2, 0.25) is 10.0 Å². The molecule has 0 aliphatic carbocycles. The predicted molar refractivity (Wildman–Crippen MR) is 93.3 cm³/mol. The van der Waals surface area contributed by atoms with E-state index in [1.165, 1.54) is 35.5 Å². The summed E-state index contributed by atoms with van der Waals surface area (Å²) in [6, 6.07) is 16.2. The quantitative estimate of drug-likeness (QED) is 0.905. The zero-order chi connectivity index (χ0) is 17.2. The van der Waals surface area contributed by atoms with Gasteiger partial charge in [-0.2, -0.15) is 5.26 Å². The molecule has 1 heterocycles. The zero-order valence-electron chi connectivity index (χ0n) is 13.4. The van der Waals surface area contributed by atoms with Crippen molar-refractivity contribution in [1.82, 2.24) is 4.72 Å². The maximum Gasteiger partial charge on any atom is 0.240 e. The summed E-state index contributed by atoms with van der Waals surface area (Å²) < 4.78 is 27.4. The third kappa shape index (κ3) is 3.28. The Morgan fingerprint density at radius 2 is 1.92 bits per heavy atom. The van der Waals surface area contributed by atoms with Crippen molar-refractivity contribution in [2.75, 3.05) is 18.0 Å². The van der Waals surface area contributed by atoms with Crippen LogP contribution >= 0.6 is 0 Å². The van der Waals surface area contributed by atoms with Crippen molar-refractivity contribution in [1.29, 1.82) is 5.26 Å². The van der Waals surface area contributed by atoms with Crippen molar-refractivity contribution < 1.29 is 8.42 Å². The molecule has 2 aromatic rings. The molecule has 0 bridgehead atoms. The molecule has 0 amide bonds. The molecule has 0 aromatic heterocycles. The fraction of sp³-hybridized carbons (Fsp3) is 0.278. The van der Waals surface area contributed by atoms with Gasteiger partial charge in [0.25, 0.3) is 0 Å². The lowest BCUT2D eigenvalue weighted by atomic mass is 10.2. The number of sulfonamides is 1. The molecule has 6 heteroatoms. The Morgan fingerprint density at radius 3 is 2.62 bits per heavy atom. The van der Waals surface area contributed by atoms with Crippen LogP contribution in [0.15, 0.2) is 53.4 Å². The summed E-state index contributed by atoms with van der Waals surface area (Å²) in [7, 11) is -3.57. The average Bonchev–Trinajstić information content (AvgIpc) is 3.04. The van der Waals surface area contributed by atoms with Gasteiger partial charge in [0.15, 0.2) is 0 Å². The fourth-order valence-corrected chi connectivity index (χ4v) is 4.08. The Kier molecular flexibility index (Phi) is 4.56. The molecule has 1 aliphatic rings. The van der Waals surface area contributed by atoms with Gasteiger partial charge in [0.05, 0.1) is 16.5 Å². The van der Waals surface area contributed by atoms with Crippen molar-refractivity contribution in [3.8, 4) is 6.07 Å². The van der Waals surface area contributed by atoms with Gasteiger partial charge in [-0.3, -0.25) is 0 Å². The molecule has 0 saturated carbocycles. The first-order valence-corrected chi connectivity index (χ1v) is 9.34. The molecular formula is C18H19N3O2S. The van der Waals surface area contributed by atoms with Crippen LogP contribution in [0.3, 0.4) is 0 Å². The second-order valence-corrected chi connectivity index (χ2v) is 7.68. The number of nitrogens with one attached hydrogen (secondary N) is 1. The number of fused-ring (bicyclic) bond motifs is 1. The van der Waals surface area contributed by atoms with Gasteiger partial charge in [-0.25, -0.2) is 13.1 Å². The van der Waals surface area contributed by atoms with Gasteiger partial charge in [-0.05, 0) is 49.2 Å². The zero-order valence-corrected chi connectivity index (χ0v) is 14.3. The SMILES string of the molecule is CC(CNS(=O)(=O)c1ccc(C#N)cc1)N1CCc2ccccc21. The Morgan fingerprint density at radius 1 is 1.21 bits per heavy atom. The number of para-hydroxylation sites is 1. The summed E-state index contributed by atoms with van der Waals surface area (Å²) in [4.78, 5) is 2.41. The van der Waals surface area contributed by atoms with Gasteiger partial charge in [-0.1, -0.05) is 18.2 Å². The van der Waals surface area contributed by atoms with E-state index in [9.17, 15) is 8.42 Å². The fourth-order valence-electron chi connectivity index (χ4n) is 2.95. The Bertz CT molecular complexity index is 870. The first-order chi connectivity index (χ1) is 11.5. The van der Waals surface area contributed by atoms with Crippen molar-refractivity contribution in [3.63, 3.8) is 0 Å². The van der Waals surface area contributed by atoms with E-state index in [4.69, 9.17) is 5.26 Å². The average molecular weight is 341 g/mol. The van der Waals surface area contributed by atoms with E-state index >= 15 is 0 Å². The summed E-state index contributed by atoms with van der Waals surface area (Å²) in [6.07, 6.45) is 0.989. The third-order valence-corrected chi connectivity index (χ3v) is 5.76. The van der Waals surface area contributed by atoms with E-state index in [1.807, 2.05) is 25.1 Å². The van der Waals surface area contributed by atoms with Gasteiger partial charge in [0, 0.05) is 24.8 Å². The van der Waals surface area contributed by atoms with Crippen molar-refractivity contribution in [3.05, 3.63) is 59.7 Å². The minimum atomic E-state index is -3.57. The van der Waals surface area contributed by atoms with Crippen LogP contribution in [0.1, 0.15) is 18.1 Å². The van der Waals surface area contributed by atoms with Crippen LogP contribution in [-0.4, -0.2) is 27.5 Å². The van der Waals surface area contributed by atoms with E-state index < -0.39 is 10.0 Å². The van der Waals surface area contributed by atoms with Crippen molar-refractivity contribution in [2.45, 2.75) is 24.3 Å². The molecule has 1 atom stereocenters. The molecule has 1 N–H and O–H groups in total. The topological polar surface area (TPSA) is 73.2 Å². The number of anilines is 1. The Hall–Kier alpha value is -2.36. The lowest BCUT2D eigenvalue weighted by molar-refractivity contribution is 0.566. The van der Waals surface area contributed by atoms with E-state index in [-0.39, 0.29) is 10.9 Å². The number of nitrogens with zero attached hydrogens (tertiary/aromatic N) is 2. The van der Waals surface area contributed by atoms with E-state index in [0.29, 0.717) is 12.1 Å². The molecule has 0 fully saturated rings. The minimum absolute atomic E-state index is 0.0572. The summed E-state index contributed by atoms with van der Waals surface area (Å²) in [5.41, 5.74) is 2.93. The standard InChI is InChI=1S/C18H19N3O2S/c1-14(21-11-10-16-4-2-3-5-18(16)21)13-20-24(22,23)17-8-6-15(12-19)7-9-17/h2-9,14,20H,10-11,13H2,1H3. The molecule has 5 nitrogen and oxygen atoms in total. The molecule has 0 saturated heterocycles. The summed E-state index contributed by atoms with van der Waals surface area (Å²) >= 11 is 0. The third-order valence-electron chi connectivity index (χ3n) is 4.32. The second kappa shape index (κ2) is 6.63. The molecule has 0 radical (unpaired) electrons. The van der Waals surface area contributed by atoms with E-state index in [2.05, 4.69) is 21.8 Å². The number of nitriles is 1. The summed E-state index contributed by atoms with van der Waals surface area (Å²) in [6.45, 7) is 3.25. The highest BCUT2D eigenvalue weighted by atomic mass is 32.2. The summed E-state index contributed by atoms with van der Waals surface area (Å²) in [5.74, 6) is 0. The number of hydrogen-bond acceptors (Lipinski definition) is 4. The summed E-state index contributed by atoms with van der Waals surface area (Å²) in [5, 5.41) is 8.79. The molecule has 0 spiro atoms. The number of rotatable bonds is 5. The first kappa shape index (κ1) is 16.5. The van der Waals surface area contributed by atoms with Crippen molar-refractivity contribution >= 4 is 15.7 Å². The van der Waals surface area contributed by atoms with E-state index in [0.717, 1.165) is 13.0 Å². The highest BCUT2D eigenvalue weighted by Gasteiger charge is 2.24. The number of hydrogen-bond donors (Lipinski definition) is 1. The monoisotopic (exact) mass is 341 g/mol. The van der Waals surface area contributed by atoms with Crippen LogP contribution in [-0.2, 0) is 16.4 Å². The molecule has 1 unspecified atom stereocenters. The normalized spacial score (nSPS) is 14.9. The van der Waals surface area contributed by atoms with Gasteiger partial charge in [0.1, 0.15) is 0 Å². The second-order valence-electron chi connectivity index (χ2n) is 5.91. The molecule has 124 valence electrons. The maximum atomic E-state index is 12.4. The molecule has 24 heavy (non-hydrogen) atoms. The van der Waals surface area contributed by atoms with Gasteiger partial charge >= 0.3 is 0 Å². The molecular weight excluding hydrogens is 322 g/mol. The van der Waals surface area contributed by atoms with Crippen LogP contribution in [0.2, 0.25) is 0 Å². The van der Waals surface area contributed by atoms with Crippen LogP contribution in [0.25, 0.3) is 0 Å². The first-order valence-electron chi connectivity index (χ1n) is 7.85. The Labute approximate surface area is 142 Å². The maximum absolute atomic E-state index is 12.4. The van der Waals surface area contributed by atoms with Crippen LogP contribution in [0, 0.1) is 11.3 Å². The Balaban J connectivity index is 1.67. The highest BCUT2D eigenvalue weighted by Crippen LogP contribution is 2.29. The minimum Gasteiger partial charge on any atom is -0.367 e. The smallest absolute Gasteiger partial charge is 0.240 e. The lowest BCUT2D eigenvalue weighted by Gasteiger charge is -2.27. The van der Waals surface area contributed by atoms with Crippen LogP contribution in [0.4, 0.5) is 5.69 Å². The highest BCUT2D eigenvalue weighted by molar-refractivity contribution is 7.89. The van der Waals surface area contributed by atoms with Crippen LogP contribution < -0.4 is 9.62 Å². The molecule has 1 aliphatic heterocycles. The lowest BCUT2D eigenvalue weighted by Crippen LogP contribution is -2.41. The number of benzene rings is 2. The largest absolute Gasteiger partial charge is 0.367 e. The van der Waals surface area contributed by atoms with Crippen LogP contribution in [0.5, 0.6) is 0 Å². The van der Waals surface area contributed by atoms with E-state index in [1.54, 1.807) is 0 Å². The van der Waals surface area contributed by atoms with Crippen molar-refractivity contribution in [2.24, 2.45) is 0 Å². The molecule has 3 rings (SSSR count). The molecule has 2 aromatic carbocycles.